The second kappa shape index (κ2) is 6.04. The van der Waals surface area contributed by atoms with Gasteiger partial charge >= 0.3 is 0 Å². The first-order valence-corrected chi connectivity index (χ1v) is 6.12. The van der Waals surface area contributed by atoms with Crippen molar-refractivity contribution in [1.29, 1.82) is 0 Å². The molecule has 0 aromatic rings. The van der Waals surface area contributed by atoms with Gasteiger partial charge in [-0.25, -0.2) is 0 Å². The molecule has 0 N–H and O–H groups in total. The molecule has 1 aliphatic rings. The van der Waals surface area contributed by atoms with E-state index >= 15 is 0 Å². The Kier molecular flexibility index (Phi) is 5.00. The van der Waals surface area contributed by atoms with Crippen LogP contribution < -0.4 is 0 Å². The predicted octanol–water partition coefficient (Wildman–Crippen LogP) is 1.75. The van der Waals surface area contributed by atoms with Gasteiger partial charge in [0, 0.05) is 37.8 Å². The van der Waals surface area contributed by atoms with Gasteiger partial charge in [-0.3, -0.25) is 4.79 Å². The Bertz CT molecular complexity index is 269. The maximum absolute atomic E-state index is 11.3. The summed E-state index contributed by atoms with van der Waals surface area (Å²) in [6, 6.07) is 0. The van der Waals surface area contributed by atoms with E-state index in [4.69, 9.17) is 0 Å². The molecule has 3 nitrogen and oxygen atoms in total. The van der Waals surface area contributed by atoms with Gasteiger partial charge in [0.2, 0.25) is 0 Å². The molecule has 92 valence electrons. The van der Waals surface area contributed by atoms with Crippen molar-refractivity contribution in [1.82, 2.24) is 9.80 Å². The summed E-state index contributed by atoms with van der Waals surface area (Å²) in [5.74, 6) is 0.923. The molecule has 0 aliphatic heterocycles. The second-order valence-corrected chi connectivity index (χ2v) is 5.25. The van der Waals surface area contributed by atoms with Crippen LogP contribution in [0.25, 0.3) is 0 Å². The van der Waals surface area contributed by atoms with E-state index in [0.717, 1.165) is 26.1 Å². The fraction of sp³-hybridized carbons (Fsp3) is 0.769. The Morgan fingerprint density at radius 2 is 1.94 bits per heavy atom. The Balaban J connectivity index is 2.56. The number of carbonyl (C=O) groups excluding carboxylic acids is 1. The lowest BCUT2D eigenvalue weighted by Gasteiger charge is -2.28. The lowest BCUT2D eigenvalue weighted by atomic mass is 10.2. The molecule has 0 aromatic carbocycles. The Morgan fingerprint density at radius 1 is 1.25 bits per heavy atom. The van der Waals surface area contributed by atoms with Crippen molar-refractivity contribution in [2.24, 2.45) is 5.92 Å². The lowest BCUT2D eigenvalue weighted by molar-refractivity contribution is -0.114. The molecule has 0 unspecified atom stereocenters. The Morgan fingerprint density at radius 3 is 2.38 bits per heavy atom. The molecule has 0 heterocycles. The average Bonchev–Trinajstić information content (AvgIpc) is 2.58. The predicted molar refractivity (Wildman–Crippen MR) is 67.3 cm³/mol. The SMILES string of the molecule is CC(C)CN(CCN(C)C)C1=CC(=O)CC1. The van der Waals surface area contributed by atoms with Crippen molar-refractivity contribution >= 4 is 5.78 Å². The molecule has 0 saturated heterocycles. The number of carbonyl (C=O) groups is 1. The van der Waals surface area contributed by atoms with Crippen molar-refractivity contribution in [2.75, 3.05) is 33.7 Å². The van der Waals surface area contributed by atoms with E-state index in [0.29, 0.717) is 12.3 Å². The fourth-order valence-corrected chi connectivity index (χ4v) is 1.94. The molecule has 0 atom stereocenters. The molecule has 1 aliphatic carbocycles. The van der Waals surface area contributed by atoms with Crippen LogP contribution in [0.2, 0.25) is 0 Å². The van der Waals surface area contributed by atoms with Crippen molar-refractivity contribution in [3.8, 4) is 0 Å². The first kappa shape index (κ1) is 13.2. The minimum absolute atomic E-state index is 0.286. The maximum atomic E-state index is 11.3. The zero-order chi connectivity index (χ0) is 12.1. The van der Waals surface area contributed by atoms with Crippen LogP contribution in [0, 0.1) is 5.92 Å². The molecular weight excluding hydrogens is 200 g/mol. The highest BCUT2D eigenvalue weighted by Gasteiger charge is 2.18. The normalized spacial score (nSPS) is 16.1. The van der Waals surface area contributed by atoms with Gasteiger partial charge in [-0.2, -0.15) is 0 Å². The van der Waals surface area contributed by atoms with Crippen LogP contribution in [-0.2, 0) is 4.79 Å². The third-order valence-corrected chi connectivity index (χ3v) is 2.76. The zero-order valence-corrected chi connectivity index (χ0v) is 11.0. The third kappa shape index (κ3) is 4.35. The molecule has 0 aromatic heterocycles. The van der Waals surface area contributed by atoms with Crippen LogP contribution in [0.3, 0.4) is 0 Å². The van der Waals surface area contributed by atoms with Gasteiger partial charge in [-0.15, -0.1) is 0 Å². The summed E-state index contributed by atoms with van der Waals surface area (Å²) >= 11 is 0. The van der Waals surface area contributed by atoms with E-state index in [1.165, 1.54) is 5.70 Å². The quantitative estimate of drug-likeness (QED) is 0.687. The van der Waals surface area contributed by atoms with Gasteiger partial charge in [-0.1, -0.05) is 13.8 Å². The minimum Gasteiger partial charge on any atom is -0.373 e. The average molecular weight is 224 g/mol. The molecule has 0 amide bonds. The molecule has 0 bridgehead atoms. The van der Waals surface area contributed by atoms with Crippen LogP contribution in [-0.4, -0.2) is 49.3 Å². The fourth-order valence-electron chi connectivity index (χ4n) is 1.94. The Labute approximate surface area is 99.1 Å². The lowest BCUT2D eigenvalue weighted by Crippen LogP contribution is -2.33. The summed E-state index contributed by atoms with van der Waals surface area (Å²) < 4.78 is 0. The first-order chi connectivity index (χ1) is 7.49. The maximum Gasteiger partial charge on any atom is 0.157 e. The summed E-state index contributed by atoms with van der Waals surface area (Å²) in [5.41, 5.74) is 1.24. The Hall–Kier alpha value is -0.830. The zero-order valence-electron chi connectivity index (χ0n) is 11.0. The molecule has 3 heteroatoms. The van der Waals surface area contributed by atoms with E-state index in [-0.39, 0.29) is 5.78 Å². The summed E-state index contributed by atoms with van der Waals surface area (Å²) in [4.78, 5) is 15.8. The summed E-state index contributed by atoms with van der Waals surface area (Å²) in [5, 5.41) is 0. The second-order valence-electron chi connectivity index (χ2n) is 5.25. The van der Waals surface area contributed by atoms with Crippen LogP contribution >= 0.6 is 0 Å². The van der Waals surface area contributed by atoms with Gasteiger partial charge < -0.3 is 9.80 Å². The van der Waals surface area contributed by atoms with Gasteiger partial charge in [0.05, 0.1) is 0 Å². The highest BCUT2D eigenvalue weighted by atomic mass is 16.1. The van der Waals surface area contributed by atoms with Crippen molar-refractivity contribution < 1.29 is 4.79 Å². The van der Waals surface area contributed by atoms with Gasteiger partial charge in [0.1, 0.15) is 0 Å². The standard InChI is InChI=1S/C13H24N2O/c1-11(2)10-15(8-7-14(3)4)12-5-6-13(16)9-12/h9,11H,5-8,10H2,1-4H3. The van der Waals surface area contributed by atoms with Crippen LogP contribution in [0.15, 0.2) is 11.8 Å². The third-order valence-electron chi connectivity index (χ3n) is 2.76. The summed E-state index contributed by atoms with van der Waals surface area (Å²) in [6.07, 6.45) is 3.46. The molecule has 16 heavy (non-hydrogen) atoms. The van der Waals surface area contributed by atoms with E-state index in [1.807, 2.05) is 6.08 Å². The van der Waals surface area contributed by atoms with E-state index in [9.17, 15) is 4.79 Å². The number of likely N-dealkylation sites (N-methyl/N-ethyl adjacent to an activating group) is 1. The highest BCUT2D eigenvalue weighted by molar-refractivity contribution is 5.92. The van der Waals surface area contributed by atoms with Crippen LogP contribution in [0.5, 0.6) is 0 Å². The number of hydrogen-bond acceptors (Lipinski definition) is 3. The highest BCUT2D eigenvalue weighted by Crippen LogP contribution is 2.20. The van der Waals surface area contributed by atoms with E-state index in [1.54, 1.807) is 0 Å². The van der Waals surface area contributed by atoms with Gasteiger partial charge in [0.25, 0.3) is 0 Å². The van der Waals surface area contributed by atoms with E-state index < -0.39 is 0 Å². The molecular formula is C13H24N2O. The number of hydrogen-bond donors (Lipinski definition) is 0. The summed E-state index contributed by atoms with van der Waals surface area (Å²) in [7, 11) is 4.17. The van der Waals surface area contributed by atoms with Crippen molar-refractivity contribution in [3.05, 3.63) is 11.8 Å². The number of ketones is 1. The smallest absolute Gasteiger partial charge is 0.157 e. The monoisotopic (exact) mass is 224 g/mol. The molecule has 0 saturated carbocycles. The first-order valence-electron chi connectivity index (χ1n) is 6.12. The van der Waals surface area contributed by atoms with Crippen LogP contribution in [0.1, 0.15) is 26.7 Å². The van der Waals surface area contributed by atoms with Crippen LogP contribution in [0.4, 0.5) is 0 Å². The topological polar surface area (TPSA) is 23.6 Å². The van der Waals surface area contributed by atoms with Gasteiger partial charge in [-0.05, 0) is 26.4 Å². The number of allylic oxidation sites excluding steroid dienone is 2. The summed E-state index contributed by atoms with van der Waals surface area (Å²) in [6.45, 7) is 7.55. The number of rotatable bonds is 6. The molecule has 0 fully saturated rings. The minimum atomic E-state index is 0.286. The number of nitrogens with zero attached hydrogens (tertiary/aromatic N) is 2. The molecule has 1 rings (SSSR count). The molecule has 0 spiro atoms. The van der Waals surface area contributed by atoms with Gasteiger partial charge in [0.15, 0.2) is 5.78 Å². The molecule has 0 radical (unpaired) electrons. The van der Waals surface area contributed by atoms with Crippen molar-refractivity contribution in [3.63, 3.8) is 0 Å². The largest absolute Gasteiger partial charge is 0.373 e. The van der Waals surface area contributed by atoms with Crippen molar-refractivity contribution in [2.45, 2.75) is 26.7 Å². The van der Waals surface area contributed by atoms with E-state index in [2.05, 4.69) is 37.7 Å².